The number of nitrogens with zero attached hydrogens (tertiary/aromatic N) is 1. The minimum atomic E-state index is 1.05. The standard InChI is InChI=1S/C14H29N.CN/c1-3-5-6-7-11-15-12-8-10-14(13-15)9-4-2;1-2/h14H,3-13H2,1-2H3;/q;-1/p+1. The van der Waals surface area contributed by atoms with Crippen molar-refractivity contribution in [3.8, 4) is 0 Å². The van der Waals surface area contributed by atoms with Gasteiger partial charge in [0.2, 0.25) is 0 Å². The lowest BCUT2D eigenvalue weighted by atomic mass is 9.93. The number of nitrogens with one attached hydrogen (secondary N) is 1. The normalized spacial score (nSPS) is 23.8. The van der Waals surface area contributed by atoms with Gasteiger partial charge in [0, 0.05) is 5.92 Å². The molecule has 17 heavy (non-hydrogen) atoms. The van der Waals surface area contributed by atoms with Gasteiger partial charge in [0.15, 0.2) is 0 Å². The van der Waals surface area contributed by atoms with Gasteiger partial charge >= 0.3 is 0 Å². The first-order valence-electron chi connectivity index (χ1n) is 7.42. The Morgan fingerprint density at radius 1 is 1.12 bits per heavy atom. The molecule has 2 atom stereocenters. The van der Waals surface area contributed by atoms with Crippen molar-refractivity contribution in [2.45, 2.75) is 65.2 Å². The van der Waals surface area contributed by atoms with Crippen molar-refractivity contribution in [3.05, 3.63) is 6.57 Å². The van der Waals surface area contributed by atoms with E-state index in [1.165, 1.54) is 71.0 Å². The van der Waals surface area contributed by atoms with E-state index in [1.807, 2.05) is 4.90 Å². The molecule has 0 aromatic heterocycles. The number of hydrogen-bond donors (Lipinski definition) is 1. The number of unbranched alkanes of at least 4 members (excludes halogenated alkanes) is 3. The summed E-state index contributed by atoms with van der Waals surface area (Å²) in [5.41, 5.74) is 0. The van der Waals surface area contributed by atoms with Crippen LogP contribution in [0.15, 0.2) is 0 Å². The molecule has 0 bridgehead atoms. The molecular formula is C15H30N2. The van der Waals surface area contributed by atoms with E-state index in [0.29, 0.717) is 0 Å². The Kier molecular flexibility index (Phi) is 11.5. The topological polar surface area (TPSA) is 28.2 Å². The monoisotopic (exact) mass is 238 g/mol. The molecule has 2 unspecified atom stereocenters. The fourth-order valence-corrected chi connectivity index (χ4v) is 2.94. The van der Waals surface area contributed by atoms with Crippen LogP contribution in [0.2, 0.25) is 0 Å². The maximum atomic E-state index is 6.25. The Labute approximate surface area is 108 Å². The Bertz CT molecular complexity index is 175. The molecule has 0 amide bonds. The van der Waals surface area contributed by atoms with E-state index in [2.05, 4.69) is 13.8 Å². The van der Waals surface area contributed by atoms with E-state index in [9.17, 15) is 0 Å². The quantitative estimate of drug-likeness (QED) is 0.536. The Balaban J connectivity index is 0.00000121. The summed E-state index contributed by atoms with van der Waals surface area (Å²) in [5, 5.41) is 6.25. The van der Waals surface area contributed by atoms with Crippen LogP contribution in [0.3, 0.4) is 0 Å². The van der Waals surface area contributed by atoms with Crippen LogP contribution in [0.4, 0.5) is 0 Å². The molecule has 0 radical (unpaired) electrons. The number of quaternary nitrogens is 1. The predicted molar refractivity (Wildman–Crippen MR) is 72.3 cm³/mol. The molecular weight excluding hydrogens is 208 g/mol. The fourth-order valence-electron chi connectivity index (χ4n) is 2.94. The largest absolute Gasteiger partial charge is 0.512 e. The van der Waals surface area contributed by atoms with Gasteiger partial charge in [0.25, 0.3) is 0 Å². The molecule has 1 saturated heterocycles. The third kappa shape index (κ3) is 8.21. The summed E-state index contributed by atoms with van der Waals surface area (Å²) in [7, 11) is 0. The summed E-state index contributed by atoms with van der Waals surface area (Å²) < 4.78 is 0. The molecule has 2 heteroatoms. The molecule has 1 rings (SSSR count). The number of hydrogen-bond acceptors (Lipinski definition) is 1. The van der Waals surface area contributed by atoms with Crippen LogP contribution in [-0.4, -0.2) is 19.6 Å². The molecule has 100 valence electrons. The minimum Gasteiger partial charge on any atom is -0.512 e. The van der Waals surface area contributed by atoms with Crippen LogP contribution >= 0.6 is 0 Å². The first kappa shape index (κ1) is 16.4. The average molecular weight is 238 g/mol. The average Bonchev–Trinajstić information content (AvgIpc) is 2.38. The van der Waals surface area contributed by atoms with Gasteiger partial charge < -0.3 is 16.7 Å². The summed E-state index contributed by atoms with van der Waals surface area (Å²) >= 11 is 0. The highest BCUT2D eigenvalue weighted by Crippen LogP contribution is 2.13. The highest BCUT2D eigenvalue weighted by Gasteiger charge is 2.21. The Morgan fingerprint density at radius 3 is 2.53 bits per heavy atom. The third-order valence-electron chi connectivity index (χ3n) is 3.80. The van der Waals surface area contributed by atoms with E-state index >= 15 is 0 Å². The van der Waals surface area contributed by atoms with E-state index < -0.39 is 0 Å². The first-order valence-corrected chi connectivity index (χ1v) is 7.42. The molecule has 0 spiro atoms. The maximum absolute atomic E-state index is 6.25. The highest BCUT2D eigenvalue weighted by molar-refractivity contribution is 4.61. The SMILES string of the molecule is CCCCCC[NH+]1CCCC(CCC)C1.[C-]#N. The smallest absolute Gasteiger partial charge is 0.0799 e. The van der Waals surface area contributed by atoms with Gasteiger partial charge in [-0.25, -0.2) is 0 Å². The molecule has 0 aromatic carbocycles. The zero-order chi connectivity index (χ0) is 12.9. The number of piperidine rings is 1. The van der Waals surface area contributed by atoms with Gasteiger partial charge in [-0.2, -0.15) is 0 Å². The number of likely N-dealkylation sites (tertiary alicyclic amines) is 1. The second kappa shape index (κ2) is 11.9. The Morgan fingerprint density at radius 2 is 1.88 bits per heavy atom. The van der Waals surface area contributed by atoms with E-state index in [1.54, 1.807) is 0 Å². The molecule has 1 aliphatic rings. The number of rotatable bonds is 7. The van der Waals surface area contributed by atoms with Crippen molar-refractivity contribution in [2.24, 2.45) is 5.92 Å². The Hall–Kier alpha value is -0.550. The van der Waals surface area contributed by atoms with Crippen molar-refractivity contribution in [1.82, 2.24) is 0 Å². The van der Waals surface area contributed by atoms with Gasteiger partial charge in [-0.1, -0.05) is 33.1 Å². The second-order valence-corrected chi connectivity index (χ2v) is 5.31. The van der Waals surface area contributed by atoms with Crippen LogP contribution < -0.4 is 4.90 Å². The molecule has 1 fully saturated rings. The molecule has 0 aliphatic carbocycles. The molecule has 0 aromatic rings. The minimum absolute atomic E-state index is 1.05. The molecule has 1 aliphatic heterocycles. The van der Waals surface area contributed by atoms with Gasteiger partial charge in [-0.3, -0.25) is 0 Å². The zero-order valence-corrected chi connectivity index (χ0v) is 11.8. The fraction of sp³-hybridized carbons (Fsp3) is 0.933. The van der Waals surface area contributed by atoms with Crippen molar-refractivity contribution < 1.29 is 4.90 Å². The lowest BCUT2D eigenvalue weighted by molar-refractivity contribution is -0.909. The molecule has 1 N–H and O–H groups in total. The summed E-state index contributed by atoms with van der Waals surface area (Å²) in [6.07, 6.45) is 11.6. The third-order valence-corrected chi connectivity index (χ3v) is 3.80. The lowest BCUT2D eigenvalue weighted by Crippen LogP contribution is -3.13. The van der Waals surface area contributed by atoms with Crippen molar-refractivity contribution in [2.75, 3.05) is 19.6 Å². The van der Waals surface area contributed by atoms with Crippen LogP contribution in [0.25, 0.3) is 0 Å². The second-order valence-electron chi connectivity index (χ2n) is 5.31. The van der Waals surface area contributed by atoms with E-state index in [-0.39, 0.29) is 0 Å². The van der Waals surface area contributed by atoms with Crippen molar-refractivity contribution >= 4 is 0 Å². The lowest BCUT2D eigenvalue weighted by Gasteiger charge is -2.29. The van der Waals surface area contributed by atoms with E-state index in [0.717, 1.165) is 5.92 Å². The molecule has 2 nitrogen and oxygen atoms in total. The van der Waals surface area contributed by atoms with E-state index in [4.69, 9.17) is 11.8 Å². The molecule has 0 saturated carbocycles. The first-order chi connectivity index (χ1) is 8.36. The summed E-state index contributed by atoms with van der Waals surface area (Å²) in [6, 6.07) is 0. The predicted octanol–water partition coefficient (Wildman–Crippen LogP) is 2.76. The van der Waals surface area contributed by atoms with Gasteiger partial charge in [-0.05, 0) is 32.1 Å². The summed E-state index contributed by atoms with van der Waals surface area (Å²) in [6.45, 7) is 13.7. The van der Waals surface area contributed by atoms with Gasteiger partial charge in [-0.15, -0.1) is 0 Å². The van der Waals surface area contributed by atoms with Gasteiger partial charge in [0.05, 0.1) is 19.6 Å². The summed E-state index contributed by atoms with van der Waals surface area (Å²) in [4.78, 5) is 1.90. The van der Waals surface area contributed by atoms with Gasteiger partial charge in [0.1, 0.15) is 0 Å². The summed E-state index contributed by atoms with van der Waals surface area (Å²) in [5.74, 6) is 1.05. The van der Waals surface area contributed by atoms with Crippen LogP contribution in [0.5, 0.6) is 0 Å². The van der Waals surface area contributed by atoms with Crippen LogP contribution in [0.1, 0.15) is 65.2 Å². The van der Waals surface area contributed by atoms with Crippen LogP contribution in [0, 0.1) is 17.8 Å². The van der Waals surface area contributed by atoms with Crippen molar-refractivity contribution in [3.63, 3.8) is 0 Å². The maximum Gasteiger partial charge on any atom is 0.0799 e. The highest BCUT2D eigenvalue weighted by atomic mass is 15.1. The van der Waals surface area contributed by atoms with Crippen LogP contribution in [-0.2, 0) is 0 Å². The zero-order valence-electron chi connectivity index (χ0n) is 11.8. The molecule has 1 heterocycles. The van der Waals surface area contributed by atoms with Crippen molar-refractivity contribution in [1.29, 1.82) is 5.26 Å².